The van der Waals surface area contributed by atoms with Crippen molar-refractivity contribution in [3.8, 4) is 0 Å². The number of piperidine rings is 1. The van der Waals surface area contributed by atoms with Gasteiger partial charge < -0.3 is 9.80 Å². The second-order valence-electron chi connectivity index (χ2n) is 5.67. The molecule has 1 amide bonds. The van der Waals surface area contributed by atoms with Crippen molar-refractivity contribution in [3.63, 3.8) is 0 Å². The van der Waals surface area contributed by atoms with Crippen LogP contribution in [0, 0.1) is 0 Å². The molecule has 2 atom stereocenters. The summed E-state index contributed by atoms with van der Waals surface area (Å²) in [5, 5.41) is 3.47. The number of likely N-dealkylation sites (tertiary alicyclic amines) is 1. The largest absolute Gasteiger partial charge is 0.322 e. The van der Waals surface area contributed by atoms with Gasteiger partial charge in [0.1, 0.15) is 0 Å². The number of carbonyl (C=O) groups is 1. The Hall–Kier alpha value is -0.610. The Morgan fingerprint density at radius 1 is 1.44 bits per heavy atom. The van der Waals surface area contributed by atoms with Gasteiger partial charge in [0.25, 0.3) is 0 Å². The first-order chi connectivity index (χ1) is 7.62. The predicted octanol–water partition coefficient (Wildman–Crippen LogP) is 0.391. The molecule has 1 aliphatic carbocycles. The van der Waals surface area contributed by atoms with Gasteiger partial charge in [0.2, 0.25) is 5.91 Å². The third-order valence-electron chi connectivity index (χ3n) is 4.29. The van der Waals surface area contributed by atoms with E-state index in [0.717, 1.165) is 25.8 Å². The molecule has 1 saturated carbocycles. The minimum absolute atomic E-state index is 0.143. The Kier molecular flexibility index (Phi) is 2.27. The predicted molar refractivity (Wildman–Crippen MR) is 61.9 cm³/mol. The highest BCUT2D eigenvalue weighted by molar-refractivity contribution is 5.92. The van der Waals surface area contributed by atoms with E-state index in [4.69, 9.17) is 0 Å². The van der Waals surface area contributed by atoms with Crippen LogP contribution >= 0.6 is 0 Å². The van der Waals surface area contributed by atoms with E-state index >= 15 is 0 Å². The van der Waals surface area contributed by atoms with Crippen LogP contribution in [0.3, 0.4) is 0 Å². The number of nitrogens with zero attached hydrogens (tertiary/aromatic N) is 2. The lowest BCUT2D eigenvalue weighted by Crippen LogP contribution is -2.50. The van der Waals surface area contributed by atoms with Gasteiger partial charge in [-0.1, -0.05) is 0 Å². The summed E-state index contributed by atoms with van der Waals surface area (Å²) in [6.07, 6.45) is 4.68. The maximum absolute atomic E-state index is 12.4. The van der Waals surface area contributed by atoms with Gasteiger partial charge in [-0.15, -0.1) is 0 Å². The average Bonchev–Trinajstić information content (AvgIpc) is 2.94. The second-order valence-corrected chi connectivity index (χ2v) is 5.67. The van der Waals surface area contributed by atoms with E-state index in [2.05, 4.69) is 29.1 Å². The lowest BCUT2D eigenvalue weighted by molar-refractivity contribution is -0.133. The lowest BCUT2D eigenvalue weighted by Gasteiger charge is -2.37. The normalized spacial score (nSPS) is 38.4. The molecule has 2 heterocycles. The molecule has 90 valence electrons. The smallest absolute Gasteiger partial charge is 0.244 e. The molecule has 2 unspecified atom stereocenters. The van der Waals surface area contributed by atoms with E-state index in [1.807, 2.05) is 0 Å². The third kappa shape index (κ3) is 1.47. The molecule has 2 aliphatic heterocycles. The monoisotopic (exact) mass is 223 g/mol. The Balaban J connectivity index is 1.76. The van der Waals surface area contributed by atoms with Crippen molar-refractivity contribution < 1.29 is 4.79 Å². The number of hydrogen-bond acceptors (Lipinski definition) is 3. The van der Waals surface area contributed by atoms with Gasteiger partial charge in [-0.3, -0.25) is 10.1 Å². The summed E-state index contributed by atoms with van der Waals surface area (Å²) in [7, 11) is 2.15. The van der Waals surface area contributed by atoms with Crippen LogP contribution in [0.1, 0.15) is 32.6 Å². The van der Waals surface area contributed by atoms with Crippen LogP contribution < -0.4 is 5.32 Å². The Labute approximate surface area is 97.0 Å². The van der Waals surface area contributed by atoms with Crippen LogP contribution in [0.5, 0.6) is 0 Å². The molecule has 1 N–H and O–H groups in total. The lowest BCUT2D eigenvalue weighted by atomic mass is 10.0. The molecular weight excluding hydrogens is 202 g/mol. The number of amides is 1. The van der Waals surface area contributed by atoms with E-state index in [1.165, 1.54) is 13.0 Å². The van der Waals surface area contributed by atoms with Gasteiger partial charge in [-0.25, -0.2) is 0 Å². The first-order valence-electron chi connectivity index (χ1n) is 6.41. The summed E-state index contributed by atoms with van der Waals surface area (Å²) in [6.45, 7) is 4.33. The van der Waals surface area contributed by atoms with Crippen LogP contribution in [0.4, 0.5) is 0 Å². The summed E-state index contributed by atoms with van der Waals surface area (Å²) < 4.78 is 0. The van der Waals surface area contributed by atoms with E-state index in [0.29, 0.717) is 11.9 Å². The minimum atomic E-state index is -0.143. The molecule has 3 rings (SSSR count). The summed E-state index contributed by atoms with van der Waals surface area (Å²) >= 11 is 0. The molecular formula is C12H21N3O. The molecule has 3 fully saturated rings. The molecule has 4 heteroatoms. The highest BCUT2D eigenvalue weighted by atomic mass is 16.2. The third-order valence-corrected chi connectivity index (χ3v) is 4.29. The van der Waals surface area contributed by atoms with E-state index in [1.54, 1.807) is 0 Å². The van der Waals surface area contributed by atoms with Crippen LogP contribution in [-0.2, 0) is 4.79 Å². The minimum Gasteiger partial charge on any atom is -0.322 e. The second kappa shape index (κ2) is 3.44. The highest BCUT2D eigenvalue weighted by Crippen LogP contribution is 2.43. The van der Waals surface area contributed by atoms with Crippen molar-refractivity contribution in [2.45, 2.75) is 50.4 Å². The summed E-state index contributed by atoms with van der Waals surface area (Å²) in [4.78, 5) is 16.8. The van der Waals surface area contributed by atoms with Crippen molar-refractivity contribution in [2.24, 2.45) is 0 Å². The standard InChI is InChI=1S/C12H21N3O/c1-9-13-12(5-6-12)11(16)15(9)10-4-3-7-14(2)8-10/h9-10,13H,3-8H2,1-2H3. The highest BCUT2D eigenvalue weighted by Gasteiger charge is 2.59. The molecule has 0 bridgehead atoms. The fourth-order valence-electron chi connectivity index (χ4n) is 3.29. The summed E-state index contributed by atoms with van der Waals surface area (Å²) in [6, 6.07) is 0.425. The van der Waals surface area contributed by atoms with Gasteiger partial charge in [0.05, 0.1) is 11.7 Å². The molecule has 0 aromatic carbocycles. The fraction of sp³-hybridized carbons (Fsp3) is 0.917. The van der Waals surface area contributed by atoms with Crippen molar-refractivity contribution in [3.05, 3.63) is 0 Å². The van der Waals surface area contributed by atoms with Gasteiger partial charge in [-0.2, -0.15) is 0 Å². The Morgan fingerprint density at radius 3 is 2.75 bits per heavy atom. The number of likely N-dealkylation sites (N-methyl/N-ethyl adjacent to an activating group) is 1. The molecule has 1 spiro atoms. The topological polar surface area (TPSA) is 35.6 Å². The first kappa shape index (κ1) is 10.5. The van der Waals surface area contributed by atoms with Crippen molar-refractivity contribution in [2.75, 3.05) is 20.1 Å². The maximum Gasteiger partial charge on any atom is 0.244 e. The van der Waals surface area contributed by atoms with E-state index in [9.17, 15) is 4.79 Å². The number of hydrogen-bond donors (Lipinski definition) is 1. The zero-order chi connectivity index (χ0) is 11.3. The van der Waals surface area contributed by atoms with Gasteiger partial charge in [0, 0.05) is 12.6 Å². The van der Waals surface area contributed by atoms with Crippen molar-refractivity contribution in [1.82, 2.24) is 15.1 Å². The average molecular weight is 223 g/mol. The zero-order valence-electron chi connectivity index (χ0n) is 10.2. The molecule has 4 nitrogen and oxygen atoms in total. The van der Waals surface area contributed by atoms with Crippen LogP contribution in [0.15, 0.2) is 0 Å². The van der Waals surface area contributed by atoms with Crippen LogP contribution in [0.25, 0.3) is 0 Å². The molecule has 2 saturated heterocycles. The molecule has 0 aromatic heterocycles. The Bertz CT molecular complexity index is 313. The summed E-state index contributed by atoms with van der Waals surface area (Å²) in [5.74, 6) is 0.361. The fourth-order valence-corrected chi connectivity index (χ4v) is 3.29. The molecule has 0 radical (unpaired) electrons. The van der Waals surface area contributed by atoms with Gasteiger partial charge in [-0.05, 0) is 46.2 Å². The molecule has 0 aromatic rings. The van der Waals surface area contributed by atoms with E-state index < -0.39 is 0 Å². The van der Waals surface area contributed by atoms with Crippen molar-refractivity contribution in [1.29, 1.82) is 0 Å². The number of carbonyl (C=O) groups excluding carboxylic acids is 1. The number of nitrogens with one attached hydrogen (secondary N) is 1. The molecule has 16 heavy (non-hydrogen) atoms. The quantitative estimate of drug-likeness (QED) is 0.698. The van der Waals surface area contributed by atoms with Crippen LogP contribution in [-0.4, -0.2) is 53.6 Å². The molecule has 3 aliphatic rings. The van der Waals surface area contributed by atoms with Gasteiger partial charge >= 0.3 is 0 Å². The summed E-state index contributed by atoms with van der Waals surface area (Å²) in [5.41, 5.74) is -0.143. The maximum atomic E-state index is 12.4. The number of rotatable bonds is 1. The SMILES string of the molecule is CC1NC2(CC2)C(=O)N1C1CCCN(C)C1. The van der Waals surface area contributed by atoms with E-state index in [-0.39, 0.29) is 11.7 Å². The van der Waals surface area contributed by atoms with Crippen LogP contribution in [0.2, 0.25) is 0 Å². The van der Waals surface area contributed by atoms with Crippen molar-refractivity contribution >= 4 is 5.91 Å². The Morgan fingerprint density at radius 2 is 2.19 bits per heavy atom. The zero-order valence-corrected chi connectivity index (χ0v) is 10.2. The van der Waals surface area contributed by atoms with Gasteiger partial charge in [0.15, 0.2) is 0 Å². The first-order valence-corrected chi connectivity index (χ1v) is 6.41.